The van der Waals surface area contributed by atoms with Crippen LogP contribution in [-0.4, -0.2) is 15.7 Å². The Bertz CT molecular complexity index is 955. The molecule has 6 heteroatoms. The van der Waals surface area contributed by atoms with E-state index in [0.717, 1.165) is 22.6 Å². The van der Waals surface area contributed by atoms with E-state index in [-0.39, 0.29) is 5.69 Å². The molecule has 0 aliphatic rings. The van der Waals surface area contributed by atoms with Crippen molar-refractivity contribution in [3.05, 3.63) is 87.2 Å². The lowest BCUT2D eigenvalue weighted by atomic mass is 10.2. The molecule has 0 unspecified atom stereocenters. The second kappa shape index (κ2) is 7.23. The van der Waals surface area contributed by atoms with Crippen LogP contribution < -0.4 is 5.43 Å². The number of aromatic nitrogens is 1. The van der Waals surface area contributed by atoms with Gasteiger partial charge in [0.15, 0.2) is 0 Å². The fraction of sp³-hybridized carbons (Fsp3) is 0.150. The largest absolute Gasteiger partial charge is 0.318 e. The van der Waals surface area contributed by atoms with Gasteiger partial charge in [0.25, 0.3) is 5.69 Å². The van der Waals surface area contributed by atoms with Crippen LogP contribution in [0.2, 0.25) is 0 Å². The predicted octanol–water partition coefficient (Wildman–Crippen LogP) is 4.76. The van der Waals surface area contributed by atoms with E-state index in [4.69, 9.17) is 0 Å². The summed E-state index contributed by atoms with van der Waals surface area (Å²) in [5.41, 5.74) is 9.23. The summed E-state index contributed by atoms with van der Waals surface area (Å²) >= 11 is 0. The SMILES string of the molecule is Cc1ccc(-n2c(C)cc(C=NNc3ccc([N+](=O)[O-])cc3)c2C)cc1. The van der Waals surface area contributed by atoms with Crippen LogP contribution in [-0.2, 0) is 0 Å². The molecule has 3 rings (SSSR count). The molecule has 0 fully saturated rings. The van der Waals surface area contributed by atoms with E-state index < -0.39 is 4.92 Å². The van der Waals surface area contributed by atoms with Crippen LogP contribution in [0.25, 0.3) is 5.69 Å². The molecule has 0 bridgehead atoms. The molecular weight excluding hydrogens is 328 g/mol. The van der Waals surface area contributed by atoms with E-state index >= 15 is 0 Å². The molecule has 0 radical (unpaired) electrons. The van der Waals surface area contributed by atoms with Crippen molar-refractivity contribution in [1.82, 2.24) is 4.57 Å². The molecule has 2 aromatic carbocycles. The first-order chi connectivity index (χ1) is 12.5. The summed E-state index contributed by atoms with van der Waals surface area (Å²) in [5, 5.41) is 14.9. The highest BCUT2D eigenvalue weighted by atomic mass is 16.6. The zero-order chi connectivity index (χ0) is 18.7. The Hall–Kier alpha value is -3.41. The molecule has 0 spiro atoms. The zero-order valence-electron chi connectivity index (χ0n) is 14.9. The highest BCUT2D eigenvalue weighted by Crippen LogP contribution is 2.20. The van der Waals surface area contributed by atoms with E-state index in [1.807, 2.05) is 0 Å². The van der Waals surface area contributed by atoms with Gasteiger partial charge in [0.1, 0.15) is 0 Å². The molecule has 26 heavy (non-hydrogen) atoms. The molecule has 1 N–H and O–H groups in total. The summed E-state index contributed by atoms with van der Waals surface area (Å²) in [4.78, 5) is 10.2. The van der Waals surface area contributed by atoms with Gasteiger partial charge in [-0.1, -0.05) is 17.7 Å². The number of benzene rings is 2. The summed E-state index contributed by atoms with van der Waals surface area (Å²) in [6, 6.07) is 16.6. The van der Waals surface area contributed by atoms with E-state index in [0.29, 0.717) is 5.69 Å². The number of rotatable bonds is 5. The van der Waals surface area contributed by atoms with E-state index in [1.165, 1.54) is 17.7 Å². The molecule has 0 amide bonds. The quantitative estimate of drug-likeness (QED) is 0.410. The van der Waals surface area contributed by atoms with Gasteiger partial charge in [0.05, 0.1) is 16.8 Å². The van der Waals surface area contributed by atoms with Gasteiger partial charge in [-0.25, -0.2) is 0 Å². The normalized spacial score (nSPS) is 11.0. The maximum Gasteiger partial charge on any atom is 0.269 e. The number of nitro benzene ring substituents is 1. The minimum absolute atomic E-state index is 0.0566. The summed E-state index contributed by atoms with van der Waals surface area (Å²) in [6.45, 7) is 6.19. The first-order valence-corrected chi connectivity index (χ1v) is 8.25. The van der Waals surface area contributed by atoms with Gasteiger partial charge in [-0.15, -0.1) is 0 Å². The summed E-state index contributed by atoms with van der Waals surface area (Å²) < 4.78 is 2.19. The van der Waals surface area contributed by atoms with Crippen molar-refractivity contribution in [2.45, 2.75) is 20.8 Å². The van der Waals surface area contributed by atoms with Gasteiger partial charge in [-0.3, -0.25) is 15.5 Å². The summed E-state index contributed by atoms with van der Waals surface area (Å²) in [7, 11) is 0. The Balaban J connectivity index is 1.78. The number of hydrogen-bond acceptors (Lipinski definition) is 4. The van der Waals surface area contributed by atoms with Crippen molar-refractivity contribution in [3.8, 4) is 5.69 Å². The third kappa shape index (κ3) is 3.64. The standard InChI is InChI=1S/C20H20N4O2/c1-14-4-8-19(9-5-14)23-15(2)12-17(16(23)3)13-21-22-18-6-10-20(11-7-18)24(25)26/h4-13,22H,1-3H3. The molecule has 6 nitrogen and oxygen atoms in total. The molecule has 0 saturated carbocycles. The van der Waals surface area contributed by atoms with E-state index in [1.54, 1.807) is 18.3 Å². The second-order valence-electron chi connectivity index (χ2n) is 6.17. The summed E-state index contributed by atoms with van der Waals surface area (Å²) in [5.74, 6) is 0. The molecule has 1 heterocycles. The Kier molecular flexibility index (Phi) is 4.84. The average molecular weight is 348 g/mol. The fourth-order valence-electron chi connectivity index (χ4n) is 2.84. The smallest absolute Gasteiger partial charge is 0.269 e. The number of nitrogens with one attached hydrogen (secondary N) is 1. The van der Waals surface area contributed by atoms with Gasteiger partial charge < -0.3 is 4.57 Å². The number of hydrazone groups is 1. The number of nitrogens with zero attached hydrogens (tertiary/aromatic N) is 3. The van der Waals surface area contributed by atoms with Crippen molar-refractivity contribution in [2.24, 2.45) is 5.10 Å². The Labute approximate surface area is 151 Å². The third-order valence-electron chi connectivity index (χ3n) is 4.24. The topological polar surface area (TPSA) is 72.5 Å². The predicted molar refractivity (Wildman–Crippen MR) is 104 cm³/mol. The van der Waals surface area contributed by atoms with E-state index in [2.05, 4.69) is 66.2 Å². The van der Waals surface area contributed by atoms with Crippen LogP contribution in [0.4, 0.5) is 11.4 Å². The molecule has 0 atom stereocenters. The van der Waals surface area contributed by atoms with Crippen molar-refractivity contribution < 1.29 is 4.92 Å². The second-order valence-corrected chi connectivity index (χ2v) is 6.17. The maximum atomic E-state index is 10.7. The maximum absolute atomic E-state index is 10.7. The fourth-order valence-corrected chi connectivity index (χ4v) is 2.84. The lowest BCUT2D eigenvalue weighted by Crippen LogP contribution is -1.99. The minimum atomic E-state index is -0.424. The van der Waals surface area contributed by atoms with Crippen molar-refractivity contribution in [3.63, 3.8) is 0 Å². The van der Waals surface area contributed by atoms with Crippen LogP contribution in [0.3, 0.4) is 0 Å². The first kappa shape index (κ1) is 17.4. The molecule has 0 aliphatic carbocycles. The Morgan fingerprint density at radius 3 is 2.31 bits per heavy atom. The van der Waals surface area contributed by atoms with E-state index in [9.17, 15) is 10.1 Å². The van der Waals surface area contributed by atoms with Crippen molar-refractivity contribution >= 4 is 17.6 Å². The van der Waals surface area contributed by atoms with Gasteiger partial charge in [-0.2, -0.15) is 5.10 Å². The number of hydrogen-bond donors (Lipinski definition) is 1. The Morgan fingerprint density at radius 2 is 1.69 bits per heavy atom. The van der Waals surface area contributed by atoms with Crippen LogP contribution in [0, 0.1) is 30.9 Å². The Morgan fingerprint density at radius 1 is 1.04 bits per heavy atom. The molecule has 1 aromatic heterocycles. The van der Waals surface area contributed by atoms with Gasteiger partial charge >= 0.3 is 0 Å². The highest BCUT2D eigenvalue weighted by Gasteiger charge is 2.09. The molecule has 0 saturated heterocycles. The van der Waals surface area contributed by atoms with Crippen LogP contribution in [0.5, 0.6) is 0 Å². The number of anilines is 1. The number of nitro groups is 1. The lowest BCUT2D eigenvalue weighted by molar-refractivity contribution is -0.384. The molecule has 0 aliphatic heterocycles. The van der Waals surface area contributed by atoms with Crippen LogP contribution in [0.1, 0.15) is 22.5 Å². The average Bonchev–Trinajstić information content (AvgIpc) is 2.90. The molecular formula is C20H20N4O2. The minimum Gasteiger partial charge on any atom is -0.318 e. The van der Waals surface area contributed by atoms with Gasteiger partial charge in [-0.05, 0) is 51.1 Å². The molecule has 132 valence electrons. The zero-order valence-corrected chi connectivity index (χ0v) is 14.9. The summed E-state index contributed by atoms with van der Waals surface area (Å²) in [6.07, 6.45) is 1.76. The highest BCUT2D eigenvalue weighted by molar-refractivity contribution is 5.82. The van der Waals surface area contributed by atoms with Crippen molar-refractivity contribution in [1.29, 1.82) is 0 Å². The van der Waals surface area contributed by atoms with Gasteiger partial charge in [0, 0.05) is 34.8 Å². The lowest BCUT2D eigenvalue weighted by Gasteiger charge is -2.09. The number of aryl methyl sites for hydroxylation is 2. The molecule has 3 aromatic rings. The van der Waals surface area contributed by atoms with Crippen LogP contribution in [0.15, 0.2) is 59.7 Å². The van der Waals surface area contributed by atoms with Gasteiger partial charge in [0.2, 0.25) is 0 Å². The van der Waals surface area contributed by atoms with Crippen molar-refractivity contribution in [2.75, 3.05) is 5.43 Å². The first-order valence-electron chi connectivity index (χ1n) is 8.25. The monoisotopic (exact) mass is 348 g/mol. The number of non-ortho nitro benzene ring substituents is 1. The van der Waals surface area contributed by atoms with Crippen LogP contribution >= 0.6 is 0 Å². The third-order valence-corrected chi connectivity index (χ3v) is 4.24.